The molecule has 0 bridgehead atoms. The molecule has 1 saturated carbocycles. The Hall–Kier alpha value is -1.56. The lowest BCUT2D eigenvalue weighted by atomic mass is 9.96. The van der Waals surface area contributed by atoms with Gasteiger partial charge in [0, 0.05) is 6.04 Å². The minimum Gasteiger partial charge on any atom is -0.359 e. The van der Waals surface area contributed by atoms with Crippen LogP contribution in [0.2, 0.25) is 0 Å². The van der Waals surface area contributed by atoms with E-state index in [1.807, 2.05) is 0 Å². The molecule has 1 aliphatic rings. The van der Waals surface area contributed by atoms with Gasteiger partial charge in [-0.05, 0) is 44.1 Å². The largest absolute Gasteiger partial charge is 0.359 e. The van der Waals surface area contributed by atoms with Gasteiger partial charge in [0.25, 0.3) is 0 Å². The Kier molecular flexibility index (Phi) is 5.61. The van der Waals surface area contributed by atoms with E-state index in [2.05, 4.69) is 15.8 Å². The van der Waals surface area contributed by atoms with E-state index >= 15 is 0 Å². The third-order valence-corrected chi connectivity index (χ3v) is 3.80. The maximum absolute atomic E-state index is 13.6. The molecule has 0 aromatic heterocycles. The average molecular weight is 311 g/mol. The van der Waals surface area contributed by atoms with Crippen molar-refractivity contribution >= 4 is 23.0 Å². The summed E-state index contributed by atoms with van der Waals surface area (Å²) in [6.45, 7) is 1.54. The Bertz CT molecular complexity index is 519. The normalized spacial score (nSPS) is 16.6. The van der Waals surface area contributed by atoms with Crippen LogP contribution in [0, 0.1) is 11.6 Å². The summed E-state index contributed by atoms with van der Waals surface area (Å²) in [4.78, 5) is 0. The second kappa shape index (κ2) is 7.45. The summed E-state index contributed by atoms with van der Waals surface area (Å²) >= 11 is 5.15. The van der Waals surface area contributed by atoms with Gasteiger partial charge in [0.1, 0.15) is 11.6 Å². The molecule has 0 heterocycles. The van der Waals surface area contributed by atoms with Crippen LogP contribution in [0.15, 0.2) is 23.3 Å². The fourth-order valence-corrected chi connectivity index (χ4v) is 2.71. The van der Waals surface area contributed by atoms with Crippen LogP contribution in [0.3, 0.4) is 0 Å². The molecule has 0 aliphatic heterocycles. The SMILES string of the molecule is C/C(=N/NC(=S)NC1CCCCC1)c1c(F)cccc1F. The van der Waals surface area contributed by atoms with E-state index in [9.17, 15) is 8.78 Å². The van der Waals surface area contributed by atoms with Crippen molar-refractivity contribution in [2.75, 3.05) is 0 Å². The van der Waals surface area contributed by atoms with Crippen LogP contribution in [0.5, 0.6) is 0 Å². The lowest BCUT2D eigenvalue weighted by Crippen LogP contribution is -2.41. The Morgan fingerprint density at radius 2 is 1.81 bits per heavy atom. The first-order valence-electron chi connectivity index (χ1n) is 7.13. The Balaban J connectivity index is 1.95. The van der Waals surface area contributed by atoms with Gasteiger partial charge in [-0.3, -0.25) is 5.43 Å². The highest BCUT2D eigenvalue weighted by Crippen LogP contribution is 2.17. The summed E-state index contributed by atoms with van der Waals surface area (Å²) in [5.41, 5.74) is 2.74. The monoisotopic (exact) mass is 311 g/mol. The van der Waals surface area contributed by atoms with E-state index in [1.54, 1.807) is 0 Å². The standard InChI is InChI=1S/C15H19F2N3S/c1-10(14-12(16)8-5-9-13(14)17)19-20-15(21)18-11-6-3-2-4-7-11/h5,8-9,11H,2-4,6-7H2,1H3,(H2,18,20,21)/b19-10-. The lowest BCUT2D eigenvalue weighted by molar-refractivity contribution is 0.412. The van der Waals surface area contributed by atoms with E-state index in [-0.39, 0.29) is 11.3 Å². The summed E-state index contributed by atoms with van der Waals surface area (Å²) in [5.74, 6) is -1.27. The number of hydrogen-bond acceptors (Lipinski definition) is 2. The van der Waals surface area contributed by atoms with Gasteiger partial charge in [-0.15, -0.1) is 0 Å². The summed E-state index contributed by atoms with van der Waals surface area (Å²) in [6, 6.07) is 4.09. The summed E-state index contributed by atoms with van der Waals surface area (Å²) in [6.07, 6.45) is 5.84. The van der Waals surface area contributed by atoms with E-state index in [0.29, 0.717) is 11.2 Å². The van der Waals surface area contributed by atoms with Crippen LogP contribution >= 0.6 is 12.2 Å². The Morgan fingerprint density at radius 1 is 1.19 bits per heavy atom. The molecule has 0 unspecified atom stereocenters. The molecular weight excluding hydrogens is 292 g/mol. The fraction of sp³-hybridized carbons (Fsp3) is 0.467. The smallest absolute Gasteiger partial charge is 0.187 e. The van der Waals surface area contributed by atoms with Crippen LogP contribution in [0.25, 0.3) is 0 Å². The van der Waals surface area contributed by atoms with E-state index < -0.39 is 11.6 Å². The van der Waals surface area contributed by atoms with E-state index in [0.717, 1.165) is 12.8 Å². The molecule has 1 aromatic carbocycles. The van der Waals surface area contributed by atoms with Gasteiger partial charge >= 0.3 is 0 Å². The number of rotatable bonds is 3. The van der Waals surface area contributed by atoms with Crippen molar-refractivity contribution in [3.05, 3.63) is 35.4 Å². The first-order chi connectivity index (χ1) is 10.1. The predicted molar refractivity (Wildman–Crippen MR) is 84.3 cm³/mol. The minimum atomic E-state index is -0.635. The van der Waals surface area contributed by atoms with Gasteiger partial charge < -0.3 is 5.32 Å². The molecule has 3 nitrogen and oxygen atoms in total. The van der Waals surface area contributed by atoms with Gasteiger partial charge in [0.2, 0.25) is 0 Å². The van der Waals surface area contributed by atoms with Crippen LogP contribution < -0.4 is 10.7 Å². The molecule has 114 valence electrons. The van der Waals surface area contributed by atoms with Crippen LogP contribution in [0.4, 0.5) is 8.78 Å². The molecule has 0 amide bonds. The first kappa shape index (κ1) is 15.8. The molecule has 21 heavy (non-hydrogen) atoms. The van der Waals surface area contributed by atoms with E-state index in [1.165, 1.54) is 44.4 Å². The van der Waals surface area contributed by atoms with Gasteiger partial charge in [-0.1, -0.05) is 25.3 Å². The van der Waals surface area contributed by atoms with E-state index in [4.69, 9.17) is 12.2 Å². The molecule has 6 heteroatoms. The number of halogens is 2. The Morgan fingerprint density at radius 3 is 2.43 bits per heavy atom. The lowest BCUT2D eigenvalue weighted by Gasteiger charge is -2.23. The first-order valence-corrected chi connectivity index (χ1v) is 7.54. The highest BCUT2D eigenvalue weighted by molar-refractivity contribution is 7.80. The third kappa shape index (κ3) is 4.46. The fourth-order valence-electron chi connectivity index (χ4n) is 2.50. The van der Waals surface area contributed by atoms with Crippen LogP contribution in [0.1, 0.15) is 44.6 Å². The maximum atomic E-state index is 13.6. The van der Waals surface area contributed by atoms with Crippen molar-refractivity contribution in [2.24, 2.45) is 5.10 Å². The predicted octanol–water partition coefficient (Wildman–Crippen LogP) is 3.49. The quantitative estimate of drug-likeness (QED) is 0.510. The zero-order valence-electron chi connectivity index (χ0n) is 12.0. The summed E-state index contributed by atoms with van der Waals surface area (Å²) in [5, 5.41) is 7.53. The molecule has 0 spiro atoms. The molecule has 1 aliphatic carbocycles. The molecular formula is C15H19F2N3S. The average Bonchev–Trinajstić information content (AvgIpc) is 2.46. The van der Waals surface area contributed by atoms with Gasteiger partial charge in [0.05, 0.1) is 11.3 Å². The molecule has 0 saturated heterocycles. The van der Waals surface area contributed by atoms with Crippen LogP contribution in [-0.2, 0) is 0 Å². The molecule has 2 N–H and O–H groups in total. The Labute approximate surface area is 128 Å². The number of hydrogen-bond donors (Lipinski definition) is 2. The van der Waals surface area contributed by atoms with Crippen molar-refractivity contribution in [1.29, 1.82) is 0 Å². The number of benzene rings is 1. The van der Waals surface area contributed by atoms with Gasteiger partial charge in [0.15, 0.2) is 5.11 Å². The molecule has 1 aromatic rings. The number of nitrogens with zero attached hydrogens (tertiary/aromatic N) is 1. The molecule has 1 fully saturated rings. The van der Waals surface area contributed by atoms with Crippen molar-refractivity contribution < 1.29 is 8.78 Å². The van der Waals surface area contributed by atoms with Crippen LogP contribution in [-0.4, -0.2) is 16.9 Å². The highest BCUT2D eigenvalue weighted by Gasteiger charge is 2.14. The summed E-state index contributed by atoms with van der Waals surface area (Å²) < 4.78 is 27.2. The minimum absolute atomic E-state index is 0.134. The van der Waals surface area contributed by atoms with Gasteiger partial charge in [-0.25, -0.2) is 8.78 Å². The zero-order chi connectivity index (χ0) is 15.2. The maximum Gasteiger partial charge on any atom is 0.187 e. The topological polar surface area (TPSA) is 36.4 Å². The number of thiocarbonyl (C=S) groups is 1. The number of hydrazone groups is 1. The van der Waals surface area contributed by atoms with Crippen molar-refractivity contribution in [1.82, 2.24) is 10.7 Å². The summed E-state index contributed by atoms with van der Waals surface area (Å²) in [7, 11) is 0. The second-order valence-corrected chi connectivity index (χ2v) is 5.62. The molecule has 0 radical (unpaired) electrons. The number of nitrogens with one attached hydrogen (secondary N) is 2. The van der Waals surface area contributed by atoms with Gasteiger partial charge in [-0.2, -0.15) is 5.10 Å². The van der Waals surface area contributed by atoms with Crippen molar-refractivity contribution in [3.8, 4) is 0 Å². The van der Waals surface area contributed by atoms with Crippen molar-refractivity contribution in [3.63, 3.8) is 0 Å². The highest BCUT2D eigenvalue weighted by atomic mass is 32.1. The third-order valence-electron chi connectivity index (χ3n) is 3.59. The van der Waals surface area contributed by atoms with Crippen molar-refractivity contribution in [2.45, 2.75) is 45.1 Å². The second-order valence-electron chi connectivity index (χ2n) is 5.21. The molecule has 2 rings (SSSR count). The zero-order valence-corrected chi connectivity index (χ0v) is 12.8. The molecule has 0 atom stereocenters.